The lowest BCUT2D eigenvalue weighted by molar-refractivity contribution is -0.138. The van der Waals surface area contributed by atoms with Gasteiger partial charge in [0, 0.05) is 13.1 Å². The van der Waals surface area contributed by atoms with E-state index in [0.29, 0.717) is 31.5 Å². The van der Waals surface area contributed by atoms with Gasteiger partial charge in [-0.25, -0.2) is 0 Å². The Labute approximate surface area is 127 Å². The number of alkyl halides is 3. The molecule has 1 amide bonds. The molecule has 0 bridgehead atoms. The fourth-order valence-corrected chi connectivity index (χ4v) is 3.00. The van der Waals surface area contributed by atoms with E-state index in [1.54, 1.807) is 11.0 Å². The topological polar surface area (TPSA) is 40.5 Å². The van der Waals surface area contributed by atoms with Gasteiger partial charge in [-0.05, 0) is 43.2 Å². The molecule has 0 unspecified atom stereocenters. The van der Waals surface area contributed by atoms with Gasteiger partial charge < -0.3 is 10.0 Å². The quantitative estimate of drug-likeness (QED) is 0.928. The monoisotopic (exact) mass is 315 g/mol. The molecule has 0 saturated carbocycles. The summed E-state index contributed by atoms with van der Waals surface area (Å²) >= 11 is 0. The zero-order valence-electron chi connectivity index (χ0n) is 12.3. The molecular formula is C16H20F3NO2. The van der Waals surface area contributed by atoms with Crippen LogP contribution in [0.25, 0.3) is 0 Å². The van der Waals surface area contributed by atoms with Crippen molar-refractivity contribution < 1.29 is 23.1 Å². The minimum atomic E-state index is -4.33. The summed E-state index contributed by atoms with van der Waals surface area (Å²) in [5.74, 6) is -0.120. The summed E-state index contributed by atoms with van der Waals surface area (Å²) in [6.45, 7) is 0.631. The number of amides is 1. The van der Waals surface area contributed by atoms with Crippen molar-refractivity contribution in [1.29, 1.82) is 0 Å². The first-order valence-corrected chi connectivity index (χ1v) is 7.45. The third-order valence-corrected chi connectivity index (χ3v) is 4.15. The molecule has 0 spiro atoms. The van der Waals surface area contributed by atoms with Crippen LogP contribution in [0.15, 0.2) is 24.3 Å². The second-order valence-corrected chi connectivity index (χ2v) is 5.70. The summed E-state index contributed by atoms with van der Waals surface area (Å²) in [5, 5.41) is 8.89. The predicted molar refractivity (Wildman–Crippen MR) is 76.2 cm³/mol. The fourth-order valence-electron chi connectivity index (χ4n) is 3.00. The molecule has 122 valence electrons. The maximum atomic E-state index is 12.9. The zero-order chi connectivity index (χ0) is 16.2. The Hall–Kier alpha value is -1.56. The van der Waals surface area contributed by atoms with Crippen molar-refractivity contribution in [2.24, 2.45) is 5.92 Å². The number of piperidine rings is 1. The van der Waals surface area contributed by atoms with Crippen LogP contribution in [0.3, 0.4) is 0 Å². The van der Waals surface area contributed by atoms with Crippen LogP contribution in [0.5, 0.6) is 0 Å². The standard InChI is InChI=1S/C16H20F3NO2/c17-16(18,19)14-6-2-1-5-13(14)8-7-12-4-3-9-20(10-12)15(22)11-21/h1-2,5-6,12,21H,3-4,7-11H2/t12-/m0/s1. The number of benzene rings is 1. The molecule has 1 atom stereocenters. The summed E-state index contributed by atoms with van der Waals surface area (Å²) in [7, 11) is 0. The number of halogens is 3. The lowest BCUT2D eigenvalue weighted by Gasteiger charge is -2.32. The summed E-state index contributed by atoms with van der Waals surface area (Å²) in [5.41, 5.74) is -0.269. The van der Waals surface area contributed by atoms with E-state index in [2.05, 4.69) is 0 Å². The van der Waals surface area contributed by atoms with Gasteiger partial charge in [0.25, 0.3) is 0 Å². The van der Waals surface area contributed by atoms with E-state index in [9.17, 15) is 18.0 Å². The van der Waals surface area contributed by atoms with Gasteiger partial charge >= 0.3 is 6.18 Å². The van der Waals surface area contributed by atoms with Gasteiger partial charge in [-0.1, -0.05) is 18.2 Å². The number of carbonyl (C=O) groups is 1. The minimum Gasteiger partial charge on any atom is -0.387 e. The molecule has 0 aliphatic carbocycles. The van der Waals surface area contributed by atoms with Crippen LogP contribution in [-0.2, 0) is 17.4 Å². The van der Waals surface area contributed by atoms with Crippen molar-refractivity contribution >= 4 is 5.91 Å². The number of hydrogen-bond donors (Lipinski definition) is 1. The van der Waals surface area contributed by atoms with Crippen LogP contribution in [0.2, 0.25) is 0 Å². The maximum Gasteiger partial charge on any atom is 0.416 e. The minimum absolute atomic E-state index is 0.186. The van der Waals surface area contributed by atoms with Crippen molar-refractivity contribution in [3.63, 3.8) is 0 Å². The third-order valence-electron chi connectivity index (χ3n) is 4.15. The smallest absolute Gasteiger partial charge is 0.387 e. The second kappa shape index (κ2) is 7.13. The molecule has 1 saturated heterocycles. The highest BCUT2D eigenvalue weighted by molar-refractivity contribution is 5.77. The maximum absolute atomic E-state index is 12.9. The van der Waals surface area contributed by atoms with Gasteiger partial charge in [0.05, 0.1) is 5.56 Å². The van der Waals surface area contributed by atoms with Crippen molar-refractivity contribution in [1.82, 2.24) is 4.90 Å². The number of rotatable bonds is 4. The molecule has 3 nitrogen and oxygen atoms in total. The van der Waals surface area contributed by atoms with Crippen molar-refractivity contribution in [2.75, 3.05) is 19.7 Å². The Morgan fingerprint density at radius 3 is 2.73 bits per heavy atom. The number of carbonyl (C=O) groups excluding carboxylic acids is 1. The van der Waals surface area contributed by atoms with E-state index in [1.165, 1.54) is 12.1 Å². The van der Waals surface area contributed by atoms with E-state index in [0.717, 1.165) is 18.9 Å². The van der Waals surface area contributed by atoms with Crippen LogP contribution < -0.4 is 0 Å². The van der Waals surface area contributed by atoms with E-state index in [4.69, 9.17) is 5.11 Å². The van der Waals surface area contributed by atoms with Crippen molar-refractivity contribution in [2.45, 2.75) is 31.9 Å². The average Bonchev–Trinajstić information content (AvgIpc) is 2.52. The first-order chi connectivity index (χ1) is 10.4. The zero-order valence-corrected chi connectivity index (χ0v) is 12.3. The number of hydrogen-bond acceptors (Lipinski definition) is 2. The lowest BCUT2D eigenvalue weighted by Crippen LogP contribution is -2.41. The summed E-state index contributed by atoms with van der Waals surface area (Å²) < 4.78 is 38.8. The first kappa shape index (κ1) is 16.8. The van der Waals surface area contributed by atoms with Crippen molar-refractivity contribution in [3.8, 4) is 0 Å². The van der Waals surface area contributed by atoms with Gasteiger partial charge in [-0.3, -0.25) is 4.79 Å². The number of aliphatic hydroxyl groups is 1. The van der Waals surface area contributed by atoms with Crippen LogP contribution in [0.4, 0.5) is 13.2 Å². The summed E-state index contributed by atoms with van der Waals surface area (Å²) in [4.78, 5) is 13.1. The molecule has 1 aromatic rings. The Kier molecular flexibility index (Phi) is 5.45. The Balaban J connectivity index is 1.97. The number of nitrogens with zero attached hydrogens (tertiary/aromatic N) is 1. The highest BCUT2D eigenvalue weighted by Gasteiger charge is 2.33. The molecule has 0 aromatic heterocycles. The molecule has 1 aromatic carbocycles. The number of aliphatic hydroxyl groups excluding tert-OH is 1. The van der Waals surface area contributed by atoms with Gasteiger partial charge in [0.2, 0.25) is 5.91 Å². The van der Waals surface area contributed by atoms with E-state index in [-0.39, 0.29) is 11.8 Å². The molecular weight excluding hydrogens is 295 g/mol. The third kappa shape index (κ3) is 4.22. The van der Waals surface area contributed by atoms with E-state index in [1.807, 2.05) is 0 Å². The summed E-state index contributed by atoms with van der Waals surface area (Å²) in [6, 6.07) is 5.64. The highest BCUT2D eigenvalue weighted by Crippen LogP contribution is 2.33. The first-order valence-electron chi connectivity index (χ1n) is 7.45. The lowest BCUT2D eigenvalue weighted by atomic mass is 9.90. The van der Waals surface area contributed by atoms with E-state index < -0.39 is 18.3 Å². The number of likely N-dealkylation sites (tertiary alicyclic amines) is 1. The second-order valence-electron chi connectivity index (χ2n) is 5.70. The molecule has 1 N–H and O–H groups in total. The molecule has 1 fully saturated rings. The molecule has 1 heterocycles. The van der Waals surface area contributed by atoms with Gasteiger partial charge in [-0.15, -0.1) is 0 Å². The van der Waals surface area contributed by atoms with Gasteiger partial charge in [0.1, 0.15) is 6.61 Å². The highest BCUT2D eigenvalue weighted by atomic mass is 19.4. The molecule has 1 aliphatic heterocycles. The normalized spacial score (nSPS) is 19.3. The number of aryl methyl sites for hydroxylation is 1. The Morgan fingerprint density at radius 1 is 1.32 bits per heavy atom. The molecule has 0 radical (unpaired) electrons. The Morgan fingerprint density at radius 2 is 2.05 bits per heavy atom. The predicted octanol–water partition coefficient (Wildman–Crippen LogP) is 2.87. The molecule has 1 aliphatic rings. The van der Waals surface area contributed by atoms with Crippen LogP contribution >= 0.6 is 0 Å². The van der Waals surface area contributed by atoms with Gasteiger partial charge in [-0.2, -0.15) is 13.2 Å². The van der Waals surface area contributed by atoms with Crippen LogP contribution in [0.1, 0.15) is 30.4 Å². The van der Waals surface area contributed by atoms with E-state index >= 15 is 0 Å². The molecule has 6 heteroatoms. The molecule has 2 rings (SSSR count). The Bertz CT molecular complexity index is 516. The average molecular weight is 315 g/mol. The van der Waals surface area contributed by atoms with Crippen LogP contribution in [-0.4, -0.2) is 35.6 Å². The largest absolute Gasteiger partial charge is 0.416 e. The fraction of sp³-hybridized carbons (Fsp3) is 0.562. The summed E-state index contributed by atoms with van der Waals surface area (Å²) in [6.07, 6.45) is -1.63. The van der Waals surface area contributed by atoms with Gasteiger partial charge in [0.15, 0.2) is 0 Å². The SMILES string of the molecule is O=C(CO)N1CCC[C@@H](CCc2ccccc2C(F)(F)F)C1. The van der Waals surface area contributed by atoms with Crippen molar-refractivity contribution in [3.05, 3.63) is 35.4 Å². The van der Waals surface area contributed by atoms with Crippen LogP contribution in [0, 0.1) is 5.92 Å². The molecule has 22 heavy (non-hydrogen) atoms.